The van der Waals surface area contributed by atoms with Crippen molar-refractivity contribution in [2.75, 3.05) is 6.54 Å². The van der Waals surface area contributed by atoms with Crippen molar-refractivity contribution < 1.29 is 18.7 Å². The minimum atomic E-state index is -1.29. The van der Waals surface area contributed by atoms with Gasteiger partial charge in [0.25, 0.3) is 0 Å². The molecule has 2 amide bonds. The van der Waals surface area contributed by atoms with Crippen LogP contribution in [0.2, 0.25) is 5.15 Å². The fourth-order valence-corrected chi connectivity index (χ4v) is 2.97. The van der Waals surface area contributed by atoms with Gasteiger partial charge in [0.1, 0.15) is 18.8 Å². The summed E-state index contributed by atoms with van der Waals surface area (Å²) >= 11 is 5.90. The predicted octanol–water partition coefficient (Wildman–Crippen LogP) is 2.50. The van der Waals surface area contributed by atoms with Crippen LogP contribution in [0.1, 0.15) is 17.7 Å². The lowest BCUT2D eigenvalue weighted by Gasteiger charge is -2.23. The first-order valence-corrected chi connectivity index (χ1v) is 8.77. The van der Waals surface area contributed by atoms with Gasteiger partial charge in [0.05, 0.1) is 18.8 Å². The Kier molecular flexibility index (Phi) is 6.18. The Morgan fingerprint density at radius 2 is 2.00 bits per heavy atom. The van der Waals surface area contributed by atoms with Gasteiger partial charge in [0.15, 0.2) is 5.15 Å². The van der Waals surface area contributed by atoms with Crippen molar-refractivity contribution in [3.05, 3.63) is 59.1 Å². The van der Waals surface area contributed by atoms with Gasteiger partial charge in [0, 0.05) is 18.8 Å². The summed E-state index contributed by atoms with van der Waals surface area (Å²) in [6.45, 7) is -0.0971. The van der Waals surface area contributed by atoms with Crippen LogP contribution >= 0.6 is 11.6 Å². The van der Waals surface area contributed by atoms with Crippen molar-refractivity contribution in [1.82, 2.24) is 20.2 Å². The fourth-order valence-electron chi connectivity index (χ4n) is 2.79. The van der Waals surface area contributed by atoms with E-state index in [2.05, 4.69) is 15.3 Å². The second kappa shape index (κ2) is 8.77. The molecule has 142 valence electrons. The number of amides is 2. The molecule has 9 heteroatoms. The summed E-state index contributed by atoms with van der Waals surface area (Å²) in [4.78, 5) is 33.8. The van der Waals surface area contributed by atoms with Crippen LogP contribution < -0.4 is 5.32 Å². The summed E-state index contributed by atoms with van der Waals surface area (Å²) < 4.78 is 19.1. The highest BCUT2D eigenvalue weighted by Gasteiger charge is 2.40. The normalized spacial score (nSPS) is 19.0. The number of carbonyl (C=O) groups excluding carboxylic acids is 2. The number of likely N-dealkylation sites (tertiary alicyclic amines) is 1. The number of aromatic nitrogens is 2. The van der Waals surface area contributed by atoms with E-state index >= 15 is 0 Å². The third kappa shape index (κ3) is 4.91. The number of hydrogen-bond acceptors (Lipinski definition) is 5. The molecule has 1 aliphatic heterocycles. The smallest absolute Gasteiger partial charge is 0.410 e. The Morgan fingerprint density at radius 3 is 2.74 bits per heavy atom. The van der Waals surface area contributed by atoms with Gasteiger partial charge < -0.3 is 10.1 Å². The number of nitrogens with zero attached hydrogens (tertiary/aromatic N) is 3. The number of benzene rings is 1. The van der Waals surface area contributed by atoms with Crippen molar-refractivity contribution in [3.63, 3.8) is 0 Å². The molecule has 1 aromatic carbocycles. The molecule has 1 saturated heterocycles. The minimum absolute atomic E-state index is 0.0336. The van der Waals surface area contributed by atoms with Gasteiger partial charge in [-0.15, -0.1) is 0 Å². The van der Waals surface area contributed by atoms with Crippen LogP contribution in [-0.4, -0.2) is 45.6 Å². The molecule has 27 heavy (non-hydrogen) atoms. The van der Waals surface area contributed by atoms with E-state index in [1.54, 1.807) is 0 Å². The van der Waals surface area contributed by atoms with Crippen molar-refractivity contribution in [2.24, 2.45) is 0 Å². The van der Waals surface area contributed by atoms with Gasteiger partial charge in [0.2, 0.25) is 5.91 Å². The lowest BCUT2D eigenvalue weighted by Crippen LogP contribution is -2.46. The van der Waals surface area contributed by atoms with E-state index in [1.165, 1.54) is 12.4 Å². The lowest BCUT2D eigenvalue weighted by atomic mass is 10.2. The summed E-state index contributed by atoms with van der Waals surface area (Å²) in [6.07, 6.45) is 0.790. The van der Waals surface area contributed by atoms with Gasteiger partial charge in [-0.3, -0.25) is 14.7 Å². The zero-order valence-corrected chi connectivity index (χ0v) is 15.1. The summed E-state index contributed by atoms with van der Waals surface area (Å²) in [5.74, 6) is -0.492. The van der Waals surface area contributed by atoms with E-state index in [-0.39, 0.29) is 31.3 Å². The second-order valence-electron chi connectivity index (χ2n) is 6.05. The molecule has 1 aliphatic rings. The summed E-state index contributed by atoms with van der Waals surface area (Å²) in [5.41, 5.74) is 1.20. The largest absolute Gasteiger partial charge is 0.445 e. The highest BCUT2D eigenvalue weighted by atomic mass is 35.5. The molecule has 0 bridgehead atoms. The van der Waals surface area contributed by atoms with Gasteiger partial charge >= 0.3 is 6.09 Å². The number of alkyl halides is 1. The topological polar surface area (TPSA) is 84.4 Å². The monoisotopic (exact) mass is 392 g/mol. The Morgan fingerprint density at radius 1 is 1.26 bits per heavy atom. The number of ether oxygens (including phenoxy) is 1. The maximum atomic E-state index is 13.9. The first-order chi connectivity index (χ1) is 13.0. The van der Waals surface area contributed by atoms with Crippen LogP contribution in [0.15, 0.2) is 42.7 Å². The quantitative estimate of drug-likeness (QED) is 0.845. The van der Waals surface area contributed by atoms with Crippen molar-refractivity contribution in [1.29, 1.82) is 0 Å². The van der Waals surface area contributed by atoms with Crippen LogP contribution in [0.4, 0.5) is 9.18 Å². The minimum Gasteiger partial charge on any atom is -0.445 e. The molecular weight excluding hydrogens is 375 g/mol. The van der Waals surface area contributed by atoms with Gasteiger partial charge in [-0.1, -0.05) is 41.9 Å². The maximum absolute atomic E-state index is 13.9. The van der Waals surface area contributed by atoms with Crippen LogP contribution in [0.5, 0.6) is 0 Å². The standard InChI is InChI=1S/C18H18ClFN4O3/c19-16-14(21-6-7-22-16)9-23-17(25)15-8-13(20)10-24(15)18(26)27-11-12-4-2-1-3-5-12/h1-7,13,15H,8-11H2,(H,23,25)/t13-,15+/m1/s1. The number of nitrogens with one attached hydrogen (secondary N) is 1. The van der Waals surface area contributed by atoms with Crippen LogP contribution in [0.25, 0.3) is 0 Å². The predicted molar refractivity (Wildman–Crippen MR) is 95.5 cm³/mol. The zero-order valence-electron chi connectivity index (χ0n) is 14.3. The molecular formula is C18H18ClFN4O3. The molecule has 1 N–H and O–H groups in total. The fraction of sp³-hybridized carbons (Fsp3) is 0.333. The summed E-state index contributed by atoms with van der Waals surface area (Å²) in [7, 11) is 0. The molecule has 1 aromatic heterocycles. The van der Waals surface area contributed by atoms with E-state index in [4.69, 9.17) is 16.3 Å². The summed E-state index contributed by atoms with van der Waals surface area (Å²) in [5, 5.41) is 2.79. The summed E-state index contributed by atoms with van der Waals surface area (Å²) in [6, 6.07) is 8.17. The number of hydrogen-bond donors (Lipinski definition) is 1. The highest BCUT2D eigenvalue weighted by Crippen LogP contribution is 2.22. The van der Waals surface area contributed by atoms with Crippen LogP contribution in [0, 0.1) is 0 Å². The molecule has 2 aromatic rings. The molecule has 7 nitrogen and oxygen atoms in total. The van der Waals surface area contributed by atoms with E-state index in [0.717, 1.165) is 10.5 Å². The highest BCUT2D eigenvalue weighted by molar-refractivity contribution is 6.29. The molecule has 1 fully saturated rings. The molecule has 0 radical (unpaired) electrons. The van der Waals surface area contributed by atoms with E-state index in [1.807, 2.05) is 30.3 Å². The number of rotatable bonds is 5. The maximum Gasteiger partial charge on any atom is 0.410 e. The van der Waals surface area contributed by atoms with Crippen LogP contribution in [-0.2, 0) is 22.7 Å². The third-order valence-electron chi connectivity index (χ3n) is 4.15. The number of carbonyl (C=O) groups is 2. The van der Waals surface area contributed by atoms with Crippen molar-refractivity contribution in [3.8, 4) is 0 Å². The SMILES string of the molecule is O=C(NCc1nccnc1Cl)[C@@H]1C[C@@H](F)CN1C(=O)OCc1ccccc1. The molecule has 2 atom stereocenters. The Labute approximate surface area is 160 Å². The average Bonchev–Trinajstić information content (AvgIpc) is 3.08. The molecule has 3 rings (SSSR count). The van der Waals surface area contributed by atoms with E-state index in [0.29, 0.717) is 5.69 Å². The molecule has 0 unspecified atom stereocenters. The molecule has 2 heterocycles. The van der Waals surface area contributed by atoms with Gasteiger partial charge in [-0.2, -0.15) is 0 Å². The molecule has 0 saturated carbocycles. The van der Waals surface area contributed by atoms with E-state index in [9.17, 15) is 14.0 Å². The van der Waals surface area contributed by atoms with E-state index < -0.39 is 24.2 Å². The Balaban J connectivity index is 1.58. The Bertz CT molecular complexity index is 808. The molecule has 0 spiro atoms. The van der Waals surface area contributed by atoms with Gasteiger partial charge in [-0.05, 0) is 5.56 Å². The Hall–Kier alpha value is -2.74. The second-order valence-corrected chi connectivity index (χ2v) is 6.41. The molecule has 0 aliphatic carbocycles. The van der Waals surface area contributed by atoms with Crippen LogP contribution in [0.3, 0.4) is 0 Å². The zero-order chi connectivity index (χ0) is 19.2. The lowest BCUT2D eigenvalue weighted by molar-refractivity contribution is -0.125. The van der Waals surface area contributed by atoms with Crippen molar-refractivity contribution >= 4 is 23.6 Å². The number of halogens is 2. The average molecular weight is 393 g/mol. The van der Waals surface area contributed by atoms with Crippen molar-refractivity contribution in [2.45, 2.75) is 31.8 Å². The first kappa shape index (κ1) is 19.0. The third-order valence-corrected chi connectivity index (χ3v) is 4.46. The van der Waals surface area contributed by atoms with Gasteiger partial charge in [-0.25, -0.2) is 14.2 Å². The first-order valence-electron chi connectivity index (χ1n) is 8.39.